The predicted molar refractivity (Wildman–Crippen MR) is 113 cm³/mol. The summed E-state index contributed by atoms with van der Waals surface area (Å²) in [5, 5.41) is 11.5. The number of aromatic nitrogens is 2. The van der Waals surface area contributed by atoms with E-state index in [2.05, 4.69) is 15.5 Å². The van der Waals surface area contributed by atoms with Gasteiger partial charge in [-0.1, -0.05) is 42.3 Å². The number of amides is 1. The molecule has 5 nitrogen and oxygen atoms in total. The Hall–Kier alpha value is -2.34. The number of hydrogen-bond donors (Lipinski definition) is 2. The van der Waals surface area contributed by atoms with Crippen molar-refractivity contribution in [2.75, 3.05) is 13.7 Å². The number of H-pyrrole nitrogens is 1. The molecule has 28 heavy (non-hydrogen) atoms. The summed E-state index contributed by atoms with van der Waals surface area (Å²) >= 11 is 12.2. The van der Waals surface area contributed by atoms with Crippen molar-refractivity contribution in [2.45, 2.75) is 19.4 Å². The first-order valence-electron chi connectivity index (χ1n) is 8.93. The average molecular weight is 418 g/mol. The maximum absolute atomic E-state index is 12.4. The fourth-order valence-corrected chi connectivity index (χ4v) is 3.35. The molecule has 1 aromatic heterocycles. The number of aromatic amines is 1. The number of ether oxygens (including phenoxy) is 1. The highest BCUT2D eigenvalue weighted by atomic mass is 35.5. The molecule has 1 heterocycles. The van der Waals surface area contributed by atoms with Crippen LogP contribution in [0, 0.1) is 0 Å². The van der Waals surface area contributed by atoms with Crippen molar-refractivity contribution in [2.24, 2.45) is 0 Å². The molecule has 0 saturated carbocycles. The number of methoxy groups -OCH3 is 1. The van der Waals surface area contributed by atoms with Crippen LogP contribution in [0.3, 0.4) is 0 Å². The van der Waals surface area contributed by atoms with Crippen LogP contribution >= 0.6 is 23.2 Å². The van der Waals surface area contributed by atoms with Crippen LogP contribution in [0.15, 0.2) is 48.5 Å². The van der Waals surface area contributed by atoms with Gasteiger partial charge in [-0.15, -0.1) is 0 Å². The number of benzene rings is 2. The second-order valence-electron chi connectivity index (χ2n) is 6.40. The Labute approximate surface area is 174 Å². The number of halogens is 2. The van der Waals surface area contributed by atoms with Crippen LogP contribution in [0.5, 0.6) is 0 Å². The molecule has 0 radical (unpaired) electrons. The van der Waals surface area contributed by atoms with Crippen LogP contribution in [-0.2, 0) is 4.74 Å². The molecule has 0 aliphatic heterocycles. The van der Waals surface area contributed by atoms with E-state index in [1.165, 1.54) is 0 Å². The fraction of sp³-hybridized carbons (Fsp3) is 0.238. The van der Waals surface area contributed by atoms with E-state index in [1.54, 1.807) is 31.4 Å². The zero-order valence-corrected chi connectivity index (χ0v) is 17.1. The lowest BCUT2D eigenvalue weighted by Crippen LogP contribution is -2.37. The Bertz CT molecular complexity index is 955. The molecule has 1 atom stereocenters. The van der Waals surface area contributed by atoms with Gasteiger partial charge in [0.1, 0.15) is 0 Å². The molecular formula is C21H21Cl2N3O2. The van der Waals surface area contributed by atoms with Crippen molar-refractivity contribution in [1.29, 1.82) is 0 Å². The normalized spacial score (nSPS) is 12.0. The Morgan fingerprint density at radius 2 is 1.93 bits per heavy atom. The van der Waals surface area contributed by atoms with E-state index in [1.807, 2.05) is 31.2 Å². The van der Waals surface area contributed by atoms with Crippen LogP contribution < -0.4 is 5.32 Å². The molecule has 7 heteroatoms. The molecule has 1 amide bonds. The van der Waals surface area contributed by atoms with Gasteiger partial charge < -0.3 is 10.1 Å². The number of carbonyl (C=O) groups excluding carboxylic acids is 1. The van der Waals surface area contributed by atoms with Gasteiger partial charge in [-0.3, -0.25) is 9.89 Å². The molecule has 2 N–H and O–H groups in total. The van der Waals surface area contributed by atoms with Gasteiger partial charge in [0.05, 0.1) is 29.1 Å². The van der Waals surface area contributed by atoms with E-state index in [4.69, 9.17) is 27.9 Å². The molecule has 0 bridgehead atoms. The quantitative estimate of drug-likeness (QED) is 0.554. The van der Waals surface area contributed by atoms with Gasteiger partial charge in [-0.2, -0.15) is 5.10 Å². The van der Waals surface area contributed by atoms with E-state index in [0.29, 0.717) is 22.2 Å². The minimum absolute atomic E-state index is 0.00444. The maximum atomic E-state index is 12.4. The van der Waals surface area contributed by atoms with Gasteiger partial charge >= 0.3 is 0 Å². The molecule has 1 unspecified atom stereocenters. The number of nitrogens with zero attached hydrogens (tertiary/aromatic N) is 1. The first-order valence-corrected chi connectivity index (χ1v) is 9.68. The summed E-state index contributed by atoms with van der Waals surface area (Å²) in [5.74, 6) is -0.119. The van der Waals surface area contributed by atoms with Gasteiger partial charge in [-0.25, -0.2) is 0 Å². The minimum Gasteiger partial charge on any atom is -0.383 e. The van der Waals surface area contributed by atoms with Crippen molar-refractivity contribution in [1.82, 2.24) is 15.5 Å². The summed E-state index contributed by atoms with van der Waals surface area (Å²) in [4.78, 5) is 12.4. The number of rotatable bonds is 7. The van der Waals surface area contributed by atoms with Crippen LogP contribution in [0.1, 0.15) is 23.7 Å². The van der Waals surface area contributed by atoms with Gasteiger partial charge in [0.15, 0.2) is 0 Å². The van der Waals surface area contributed by atoms with E-state index in [0.717, 1.165) is 28.9 Å². The molecule has 0 aliphatic rings. The van der Waals surface area contributed by atoms with Crippen LogP contribution in [0.4, 0.5) is 0 Å². The Morgan fingerprint density at radius 3 is 2.57 bits per heavy atom. The largest absolute Gasteiger partial charge is 0.383 e. The monoisotopic (exact) mass is 417 g/mol. The summed E-state index contributed by atoms with van der Waals surface area (Å²) in [6, 6.07) is 14.5. The highest BCUT2D eigenvalue weighted by Gasteiger charge is 2.13. The molecule has 0 aliphatic carbocycles. The topological polar surface area (TPSA) is 67.0 Å². The third-order valence-corrected chi connectivity index (χ3v) is 4.99. The average Bonchev–Trinajstić information content (AvgIpc) is 3.17. The van der Waals surface area contributed by atoms with Crippen LogP contribution in [0.25, 0.3) is 22.5 Å². The molecule has 146 valence electrons. The smallest absolute Gasteiger partial charge is 0.251 e. The minimum atomic E-state index is -0.119. The van der Waals surface area contributed by atoms with E-state index < -0.39 is 0 Å². The SMILES string of the molecule is CCC(COC)NC(=O)c1ccc(-c2cc(-c3ccc(Cl)cc3Cl)[nH]n2)cc1. The highest BCUT2D eigenvalue weighted by molar-refractivity contribution is 6.36. The molecular weight excluding hydrogens is 397 g/mol. The van der Waals surface area contributed by atoms with E-state index >= 15 is 0 Å². The Morgan fingerprint density at radius 1 is 1.18 bits per heavy atom. The molecule has 3 rings (SSSR count). The molecule has 0 spiro atoms. The number of carbonyl (C=O) groups is 1. The van der Waals surface area contributed by atoms with Gasteiger partial charge in [0.2, 0.25) is 0 Å². The standard InChI is InChI=1S/C21H21Cl2N3O2/c1-3-16(12-28-2)24-21(27)14-6-4-13(5-7-14)19-11-20(26-25-19)17-9-8-15(22)10-18(17)23/h4-11,16H,3,12H2,1-2H3,(H,24,27)(H,25,26). The van der Waals surface area contributed by atoms with E-state index in [-0.39, 0.29) is 11.9 Å². The second-order valence-corrected chi connectivity index (χ2v) is 7.25. The maximum Gasteiger partial charge on any atom is 0.251 e. The Balaban J connectivity index is 1.75. The predicted octanol–water partition coefficient (Wildman–Crippen LogP) is 5.21. The zero-order valence-electron chi connectivity index (χ0n) is 15.6. The molecule has 3 aromatic rings. The van der Waals surface area contributed by atoms with Crippen LogP contribution in [-0.4, -0.2) is 35.9 Å². The number of hydrogen-bond acceptors (Lipinski definition) is 3. The summed E-state index contributed by atoms with van der Waals surface area (Å²) < 4.78 is 5.12. The lowest BCUT2D eigenvalue weighted by molar-refractivity contribution is 0.0894. The van der Waals surface area contributed by atoms with Gasteiger partial charge in [-0.05, 0) is 42.8 Å². The van der Waals surface area contributed by atoms with Gasteiger partial charge in [0.25, 0.3) is 5.91 Å². The number of nitrogens with one attached hydrogen (secondary N) is 2. The first-order chi connectivity index (χ1) is 13.5. The third-order valence-electron chi connectivity index (χ3n) is 4.44. The van der Waals surface area contributed by atoms with Crippen molar-refractivity contribution < 1.29 is 9.53 Å². The first kappa shape index (κ1) is 20.4. The van der Waals surface area contributed by atoms with Crippen molar-refractivity contribution >= 4 is 29.1 Å². The van der Waals surface area contributed by atoms with Crippen molar-refractivity contribution in [3.63, 3.8) is 0 Å². The summed E-state index contributed by atoms with van der Waals surface area (Å²) in [5.41, 5.74) is 3.87. The molecule has 2 aromatic carbocycles. The lowest BCUT2D eigenvalue weighted by Gasteiger charge is -2.15. The Kier molecular flexibility index (Phi) is 6.73. The summed E-state index contributed by atoms with van der Waals surface area (Å²) in [6.07, 6.45) is 0.807. The highest BCUT2D eigenvalue weighted by Crippen LogP contribution is 2.31. The van der Waals surface area contributed by atoms with E-state index in [9.17, 15) is 4.79 Å². The molecule has 0 saturated heterocycles. The zero-order chi connectivity index (χ0) is 20.1. The van der Waals surface area contributed by atoms with Crippen molar-refractivity contribution in [3.8, 4) is 22.5 Å². The van der Waals surface area contributed by atoms with Crippen LogP contribution in [0.2, 0.25) is 10.0 Å². The van der Waals surface area contributed by atoms with Crippen molar-refractivity contribution in [3.05, 3.63) is 64.1 Å². The lowest BCUT2D eigenvalue weighted by atomic mass is 10.1. The third kappa shape index (κ3) is 4.73. The fourth-order valence-electron chi connectivity index (χ4n) is 2.84. The summed E-state index contributed by atoms with van der Waals surface area (Å²) in [6.45, 7) is 2.50. The second kappa shape index (κ2) is 9.24. The van der Waals surface area contributed by atoms with Gasteiger partial charge in [0, 0.05) is 28.8 Å². The summed E-state index contributed by atoms with van der Waals surface area (Å²) in [7, 11) is 1.62. The molecule has 0 fully saturated rings.